The van der Waals surface area contributed by atoms with Gasteiger partial charge in [0.1, 0.15) is 18.0 Å². The van der Waals surface area contributed by atoms with Gasteiger partial charge in [-0.1, -0.05) is 6.92 Å². The SMILES string of the molecule is C#C.CC1(c2cc(Nc3nc(N4CC[C@@H](F)C4)nn4cccc34)n[nH]2)CC1.O=CNc1ncns1. The minimum atomic E-state index is -0.812. The molecule has 0 aromatic carbocycles. The lowest BCUT2D eigenvalue weighted by molar-refractivity contribution is -0.105. The number of carbonyl (C=O) groups is 1. The van der Waals surface area contributed by atoms with Crippen LogP contribution in [0.25, 0.3) is 5.52 Å². The van der Waals surface area contributed by atoms with E-state index in [0.717, 1.165) is 28.6 Å². The summed E-state index contributed by atoms with van der Waals surface area (Å²) >= 11 is 1.14. The molecule has 35 heavy (non-hydrogen) atoms. The summed E-state index contributed by atoms with van der Waals surface area (Å²) in [4.78, 5) is 19.9. The highest BCUT2D eigenvalue weighted by Gasteiger charge is 2.40. The third-order valence-electron chi connectivity index (χ3n) is 5.81. The Morgan fingerprint density at radius 3 is 2.86 bits per heavy atom. The Hall–Kier alpha value is -4.05. The molecule has 13 heteroatoms. The maximum Gasteiger partial charge on any atom is 0.245 e. The van der Waals surface area contributed by atoms with E-state index in [1.165, 1.54) is 19.2 Å². The predicted molar refractivity (Wildman–Crippen MR) is 133 cm³/mol. The highest BCUT2D eigenvalue weighted by atomic mass is 32.1. The molecule has 3 N–H and O–H groups in total. The van der Waals surface area contributed by atoms with Gasteiger partial charge >= 0.3 is 0 Å². The van der Waals surface area contributed by atoms with E-state index in [4.69, 9.17) is 0 Å². The van der Waals surface area contributed by atoms with Crippen LogP contribution < -0.4 is 15.5 Å². The highest BCUT2D eigenvalue weighted by Crippen LogP contribution is 2.47. The summed E-state index contributed by atoms with van der Waals surface area (Å²) in [5.41, 5.74) is 2.25. The molecule has 1 amide bonds. The number of H-pyrrole nitrogens is 1. The first kappa shape index (κ1) is 24.1. The van der Waals surface area contributed by atoms with Gasteiger partial charge in [-0.15, -0.1) is 17.9 Å². The van der Waals surface area contributed by atoms with Crippen LogP contribution in [0.3, 0.4) is 0 Å². The largest absolute Gasteiger partial charge is 0.336 e. The minimum absolute atomic E-state index is 0.236. The Morgan fingerprint density at radius 2 is 2.20 bits per heavy atom. The molecule has 182 valence electrons. The second-order valence-corrected chi connectivity index (χ2v) is 9.07. The summed E-state index contributed by atoms with van der Waals surface area (Å²) in [5, 5.41) is 18.2. The molecule has 1 aliphatic heterocycles. The predicted octanol–water partition coefficient (Wildman–Crippen LogP) is 3.15. The third kappa shape index (κ3) is 5.55. The number of aromatic amines is 1. The summed E-state index contributed by atoms with van der Waals surface area (Å²) < 4.78 is 19.0. The van der Waals surface area contributed by atoms with Crippen LogP contribution >= 0.6 is 11.5 Å². The van der Waals surface area contributed by atoms with Crippen molar-refractivity contribution in [1.82, 2.24) is 34.2 Å². The van der Waals surface area contributed by atoms with Crippen LogP contribution in [0, 0.1) is 12.8 Å². The molecule has 1 saturated carbocycles. The number of carbonyl (C=O) groups excluding carboxylic acids is 1. The Morgan fingerprint density at radius 1 is 1.37 bits per heavy atom. The summed E-state index contributed by atoms with van der Waals surface area (Å²) in [7, 11) is 0. The van der Waals surface area contributed by atoms with E-state index in [0.29, 0.717) is 42.8 Å². The van der Waals surface area contributed by atoms with Crippen LogP contribution in [0.15, 0.2) is 30.7 Å². The van der Waals surface area contributed by atoms with Crippen molar-refractivity contribution in [2.75, 3.05) is 28.6 Å². The molecule has 2 aliphatic rings. The molecule has 2 fully saturated rings. The maximum atomic E-state index is 13.5. The second kappa shape index (κ2) is 10.5. The maximum absolute atomic E-state index is 13.5. The van der Waals surface area contributed by atoms with Gasteiger partial charge in [0.15, 0.2) is 11.6 Å². The van der Waals surface area contributed by atoms with Crippen molar-refractivity contribution in [1.29, 1.82) is 0 Å². The van der Waals surface area contributed by atoms with Crippen molar-refractivity contribution in [2.45, 2.75) is 37.8 Å². The van der Waals surface area contributed by atoms with E-state index < -0.39 is 6.17 Å². The van der Waals surface area contributed by atoms with Crippen molar-refractivity contribution in [3.63, 3.8) is 0 Å². The molecule has 4 aromatic heterocycles. The van der Waals surface area contributed by atoms with Crippen molar-refractivity contribution in [2.24, 2.45) is 0 Å². The average molecular weight is 497 g/mol. The van der Waals surface area contributed by atoms with Crippen LogP contribution in [0.5, 0.6) is 0 Å². The second-order valence-electron chi connectivity index (χ2n) is 8.29. The van der Waals surface area contributed by atoms with Gasteiger partial charge < -0.3 is 15.5 Å². The van der Waals surface area contributed by atoms with E-state index in [-0.39, 0.29) is 5.41 Å². The van der Waals surface area contributed by atoms with Crippen LogP contribution in [-0.4, -0.2) is 59.8 Å². The van der Waals surface area contributed by atoms with Gasteiger partial charge in [0, 0.05) is 41.4 Å². The van der Waals surface area contributed by atoms with Crippen LogP contribution in [-0.2, 0) is 10.2 Å². The van der Waals surface area contributed by atoms with Gasteiger partial charge in [0.25, 0.3) is 0 Å². The molecule has 6 rings (SSSR count). The molecule has 0 spiro atoms. The van der Waals surface area contributed by atoms with Gasteiger partial charge in [-0.05, 0) is 31.4 Å². The third-order valence-corrected chi connectivity index (χ3v) is 6.41. The summed E-state index contributed by atoms with van der Waals surface area (Å²) in [6.07, 6.45) is 13.9. The highest BCUT2D eigenvalue weighted by molar-refractivity contribution is 7.09. The summed E-state index contributed by atoms with van der Waals surface area (Å²) in [6.45, 7) is 3.22. The molecule has 11 nitrogen and oxygen atoms in total. The Balaban J connectivity index is 0.000000245. The minimum Gasteiger partial charge on any atom is -0.336 e. The van der Waals surface area contributed by atoms with Gasteiger partial charge in [-0.2, -0.15) is 14.5 Å². The Bertz CT molecular complexity index is 1280. The van der Waals surface area contributed by atoms with E-state index in [2.05, 4.69) is 60.0 Å². The normalized spacial score (nSPS) is 17.6. The topological polar surface area (TPSA) is 129 Å². The number of rotatable bonds is 6. The lowest BCUT2D eigenvalue weighted by Crippen LogP contribution is -2.23. The monoisotopic (exact) mass is 496 g/mol. The number of anilines is 4. The van der Waals surface area contributed by atoms with Crippen LogP contribution in [0.2, 0.25) is 0 Å². The molecule has 1 atom stereocenters. The first-order valence-electron chi connectivity index (χ1n) is 10.9. The summed E-state index contributed by atoms with van der Waals surface area (Å²) in [5.74, 6) is 1.95. The fourth-order valence-corrected chi connectivity index (χ4v) is 4.00. The summed E-state index contributed by atoms with van der Waals surface area (Å²) in [6, 6.07) is 5.91. The number of hydrogen-bond acceptors (Lipinski definition) is 9. The van der Waals surface area contributed by atoms with Crippen molar-refractivity contribution >= 4 is 46.2 Å². The van der Waals surface area contributed by atoms with Gasteiger partial charge in [0.05, 0.1) is 6.54 Å². The molecule has 1 saturated heterocycles. The van der Waals surface area contributed by atoms with E-state index in [9.17, 15) is 9.18 Å². The first-order chi connectivity index (χ1) is 17.0. The number of fused-ring (bicyclic) bond motifs is 1. The number of terminal acetylenes is 1. The number of alkyl halides is 1. The van der Waals surface area contributed by atoms with Crippen molar-refractivity contribution in [3.8, 4) is 12.8 Å². The van der Waals surface area contributed by atoms with E-state index >= 15 is 0 Å². The lowest BCUT2D eigenvalue weighted by Gasteiger charge is -2.16. The zero-order valence-corrected chi connectivity index (χ0v) is 19.9. The molecular weight excluding hydrogens is 471 g/mol. The number of amides is 1. The number of aromatic nitrogens is 7. The standard InChI is InChI=1S/C17H20FN7.C3H3N3OS.C2H2/c1-17(5-6-17)13-9-14(22-21-13)19-15-12-3-2-7-25(12)23-16(20-15)24-8-4-11(18)10-24;7-2-5-3-4-1-6-8-3;1-2/h2-3,7,9,11H,4-6,8,10H2,1H3,(H2,19,20,21,22,23);1-2H,(H,4,5,6,7);1-2H/t11-;;/m1../s1. The zero-order valence-electron chi connectivity index (χ0n) is 19.1. The fourth-order valence-electron chi connectivity index (χ4n) is 3.61. The molecule has 4 aromatic rings. The van der Waals surface area contributed by atoms with Crippen LogP contribution in [0.4, 0.5) is 27.1 Å². The van der Waals surface area contributed by atoms with Crippen LogP contribution in [0.1, 0.15) is 31.9 Å². The number of hydrogen-bond donors (Lipinski definition) is 3. The smallest absolute Gasteiger partial charge is 0.245 e. The van der Waals surface area contributed by atoms with Crippen molar-refractivity contribution < 1.29 is 9.18 Å². The van der Waals surface area contributed by atoms with E-state index in [1.807, 2.05) is 29.3 Å². The van der Waals surface area contributed by atoms with Gasteiger partial charge in [-0.3, -0.25) is 9.89 Å². The molecular formula is C22H25FN10OS. The molecule has 0 unspecified atom stereocenters. The van der Waals surface area contributed by atoms with E-state index in [1.54, 1.807) is 4.52 Å². The zero-order chi connectivity index (χ0) is 24.8. The fraction of sp³-hybridized carbons (Fsp3) is 0.364. The molecule has 0 radical (unpaired) electrons. The Labute approximate surface area is 205 Å². The number of nitrogens with zero attached hydrogens (tertiary/aromatic N) is 7. The first-order valence-corrected chi connectivity index (χ1v) is 11.7. The molecule has 5 heterocycles. The Kier molecular flexibility index (Phi) is 7.21. The number of nitrogens with one attached hydrogen (secondary N) is 3. The lowest BCUT2D eigenvalue weighted by atomic mass is 10.1. The quantitative estimate of drug-likeness (QED) is 0.274. The van der Waals surface area contributed by atoms with Gasteiger partial charge in [-0.25, -0.2) is 13.9 Å². The molecule has 1 aliphatic carbocycles. The number of halogens is 1. The van der Waals surface area contributed by atoms with Gasteiger partial charge in [0.2, 0.25) is 17.5 Å². The molecule has 0 bridgehead atoms. The average Bonchev–Trinajstić information content (AvgIpc) is 3.44. The van der Waals surface area contributed by atoms with Crippen molar-refractivity contribution in [3.05, 3.63) is 36.4 Å².